The Morgan fingerprint density at radius 2 is 2.00 bits per heavy atom. The van der Waals surface area contributed by atoms with Gasteiger partial charge in [-0.2, -0.15) is 4.98 Å². The number of aryl methyl sites for hydroxylation is 1. The van der Waals surface area contributed by atoms with Crippen molar-refractivity contribution < 1.29 is 17.7 Å². The molecule has 1 amide bonds. The Hall–Kier alpha value is -1.93. The van der Waals surface area contributed by atoms with Gasteiger partial charge in [-0.1, -0.05) is 23.7 Å². The molecular weight excluding hydrogens is 342 g/mol. The van der Waals surface area contributed by atoms with Crippen molar-refractivity contribution >= 4 is 27.3 Å². The molecular formula is C14H16ClN3O4S. The van der Waals surface area contributed by atoms with Gasteiger partial charge in [0.25, 0.3) is 0 Å². The first-order valence-corrected chi connectivity index (χ1v) is 9.04. The van der Waals surface area contributed by atoms with Crippen LogP contribution in [0.3, 0.4) is 0 Å². The Kier molecular flexibility index (Phi) is 5.73. The molecule has 0 aliphatic heterocycles. The van der Waals surface area contributed by atoms with Crippen LogP contribution in [0.15, 0.2) is 33.7 Å². The van der Waals surface area contributed by atoms with Crippen molar-refractivity contribution in [2.45, 2.75) is 24.7 Å². The van der Waals surface area contributed by atoms with Gasteiger partial charge in [-0.25, -0.2) is 8.42 Å². The number of hydrogen-bond donors (Lipinski definition) is 1. The normalized spacial score (nSPS) is 11.4. The topological polar surface area (TPSA) is 102 Å². The number of carbonyl (C=O) groups is 1. The minimum Gasteiger partial charge on any atom is -0.348 e. The number of carbonyl (C=O) groups excluding carboxylic acids is 1. The van der Waals surface area contributed by atoms with Gasteiger partial charge in [0.15, 0.2) is 15.7 Å². The molecule has 0 atom stereocenters. The number of halogens is 1. The number of benzene rings is 1. The molecule has 23 heavy (non-hydrogen) atoms. The summed E-state index contributed by atoms with van der Waals surface area (Å²) in [5, 5.41) is 6.69. The number of aromatic nitrogens is 2. The second-order valence-electron chi connectivity index (χ2n) is 4.79. The first-order valence-electron chi connectivity index (χ1n) is 7.01. The zero-order chi connectivity index (χ0) is 16.9. The molecule has 0 saturated heterocycles. The molecule has 1 heterocycles. The summed E-state index contributed by atoms with van der Waals surface area (Å²) in [6, 6.07) is 5.91. The minimum absolute atomic E-state index is 0.0511. The van der Waals surface area contributed by atoms with Gasteiger partial charge in [-0.3, -0.25) is 4.79 Å². The van der Waals surface area contributed by atoms with Crippen molar-refractivity contribution in [3.63, 3.8) is 0 Å². The third kappa shape index (κ3) is 4.77. The second-order valence-corrected chi connectivity index (χ2v) is 7.34. The SMILES string of the molecule is CCCNC(=O)c1nc(CCS(=O)(=O)c2ccc(Cl)cc2)no1. The van der Waals surface area contributed by atoms with E-state index in [1.54, 1.807) is 0 Å². The molecule has 7 nitrogen and oxygen atoms in total. The van der Waals surface area contributed by atoms with Crippen LogP contribution in [0.4, 0.5) is 0 Å². The zero-order valence-corrected chi connectivity index (χ0v) is 14.0. The highest BCUT2D eigenvalue weighted by atomic mass is 35.5. The van der Waals surface area contributed by atoms with Gasteiger partial charge in [0.2, 0.25) is 0 Å². The molecule has 2 aromatic rings. The molecule has 1 N–H and O–H groups in total. The Morgan fingerprint density at radius 1 is 1.30 bits per heavy atom. The smallest absolute Gasteiger partial charge is 0.315 e. The zero-order valence-electron chi connectivity index (χ0n) is 12.5. The highest BCUT2D eigenvalue weighted by Gasteiger charge is 2.18. The summed E-state index contributed by atoms with van der Waals surface area (Å²) in [5.41, 5.74) is 0. The van der Waals surface area contributed by atoms with E-state index in [9.17, 15) is 13.2 Å². The van der Waals surface area contributed by atoms with Crippen LogP contribution in [0.5, 0.6) is 0 Å². The average molecular weight is 358 g/mol. The highest BCUT2D eigenvalue weighted by molar-refractivity contribution is 7.91. The summed E-state index contributed by atoms with van der Waals surface area (Å²) in [7, 11) is -3.48. The van der Waals surface area contributed by atoms with Crippen LogP contribution in [-0.4, -0.2) is 36.8 Å². The summed E-state index contributed by atoms with van der Waals surface area (Å²) in [6.07, 6.45) is 0.835. The lowest BCUT2D eigenvalue weighted by Crippen LogP contribution is -2.24. The number of nitrogens with zero attached hydrogens (tertiary/aromatic N) is 2. The molecule has 0 aliphatic rings. The number of rotatable bonds is 7. The van der Waals surface area contributed by atoms with Gasteiger partial charge in [-0.05, 0) is 30.7 Å². The molecule has 0 spiro atoms. The van der Waals surface area contributed by atoms with Gasteiger partial charge < -0.3 is 9.84 Å². The van der Waals surface area contributed by atoms with Gasteiger partial charge in [0, 0.05) is 18.0 Å². The number of nitrogens with one attached hydrogen (secondary N) is 1. The third-order valence-electron chi connectivity index (χ3n) is 2.97. The lowest BCUT2D eigenvalue weighted by atomic mass is 10.4. The van der Waals surface area contributed by atoms with Gasteiger partial charge in [-0.15, -0.1) is 0 Å². The van der Waals surface area contributed by atoms with Crippen molar-refractivity contribution in [1.29, 1.82) is 0 Å². The Morgan fingerprint density at radius 3 is 2.65 bits per heavy atom. The maximum absolute atomic E-state index is 12.2. The fourth-order valence-electron chi connectivity index (χ4n) is 1.75. The van der Waals surface area contributed by atoms with E-state index in [0.29, 0.717) is 11.6 Å². The molecule has 124 valence electrons. The molecule has 0 bridgehead atoms. The maximum atomic E-state index is 12.2. The second kappa shape index (κ2) is 7.56. The summed E-state index contributed by atoms with van der Waals surface area (Å²) >= 11 is 5.74. The van der Waals surface area contributed by atoms with E-state index in [4.69, 9.17) is 16.1 Å². The van der Waals surface area contributed by atoms with Crippen molar-refractivity contribution in [2.24, 2.45) is 0 Å². The largest absolute Gasteiger partial charge is 0.348 e. The Labute approximate surface area is 139 Å². The average Bonchev–Trinajstić information content (AvgIpc) is 3.00. The van der Waals surface area contributed by atoms with Crippen molar-refractivity contribution in [3.8, 4) is 0 Å². The van der Waals surface area contributed by atoms with Crippen molar-refractivity contribution in [2.75, 3.05) is 12.3 Å². The van der Waals surface area contributed by atoms with Crippen LogP contribution < -0.4 is 5.32 Å². The summed E-state index contributed by atoms with van der Waals surface area (Å²) in [5.74, 6) is -0.655. The van der Waals surface area contributed by atoms with Gasteiger partial charge in [0.05, 0.1) is 10.6 Å². The summed E-state index contributed by atoms with van der Waals surface area (Å²) in [6.45, 7) is 2.42. The number of sulfone groups is 1. The standard InChI is InChI=1S/C14H16ClN3O4S/c1-2-8-16-13(19)14-17-12(18-22-14)7-9-23(20,21)11-5-3-10(15)4-6-11/h3-6H,2,7-9H2,1H3,(H,16,19). The number of amides is 1. The molecule has 1 aromatic carbocycles. The van der Waals surface area contributed by atoms with Gasteiger partial charge >= 0.3 is 11.8 Å². The fraction of sp³-hybridized carbons (Fsp3) is 0.357. The summed E-state index contributed by atoms with van der Waals surface area (Å²) < 4.78 is 29.2. The molecule has 9 heteroatoms. The third-order valence-corrected chi connectivity index (χ3v) is 4.95. The minimum atomic E-state index is -3.48. The molecule has 0 radical (unpaired) electrons. The monoisotopic (exact) mass is 357 g/mol. The van der Waals surface area contributed by atoms with Crippen molar-refractivity contribution in [1.82, 2.24) is 15.5 Å². The van der Waals surface area contributed by atoms with E-state index >= 15 is 0 Å². The predicted octanol–water partition coefficient (Wildman–Crippen LogP) is 1.88. The molecule has 0 aliphatic carbocycles. The van der Waals surface area contributed by atoms with Crippen LogP contribution in [0, 0.1) is 0 Å². The molecule has 0 fully saturated rings. The van der Waals surface area contributed by atoms with Crippen LogP contribution in [0.2, 0.25) is 5.02 Å². The lowest BCUT2D eigenvalue weighted by molar-refractivity contribution is 0.0910. The maximum Gasteiger partial charge on any atom is 0.315 e. The molecule has 0 saturated carbocycles. The molecule has 2 rings (SSSR count). The molecule has 1 aromatic heterocycles. The fourth-order valence-corrected chi connectivity index (χ4v) is 3.11. The van der Waals surface area contributed by atoms with E-state index in [1.807, 2.05) is 6.92 Å². The Balaban J connectivity index is 1.99. The van der Waals surface area contributed by atoms with E-state index in [2.05, 4.69) is 15.5 Å². The van der Waals surface area contributed by atoms with Crippen LogP contribution in [0.1, 0.15) is 29.9 Å². The van der Waals surface area contributed by atoms with Crippen LogP contribution >= 0.6 is 11.6 Å². The van der Waals surface area contributed by atoms with E-state index in [1.165, 1.54) is 24.3 Å². The number of hydrogen-bond acceptors (Lipinski definition) is 6. The van der Waals surface area contributed by atoms with Gasteiger partial charge in [0.1, 0.15) is 0 Å². The molecule has 0 unspecified atom stereocenters. The van der Waals surface area contributed by atoms with E-state index in [-0.39, 0.29) is 28.8 Å². The predicted molar refractivity (Wildman–Crippen MR) is 84.1 cm³/mol. The van der Waals surface area contributed by atoms with Crippen molar-refractivity contribution in [3.05, 3.63) is 41.0 Å². The van der Waals surface area contributed by atoms with E-state index < -0.39 is 15.7 Å². The van der Waals surface area contributed by atoms with Crippen LogP contribution in [-0.2, 0) is 16.3 Å². The quantitative estimate of drug-likeness (QED) is 0.811. The lowest BCUT2D eigenvalue weighted by Gasteiger charge is -2.02. The first-order chi connectivity index (χ1) is 10.9. The first kappa shape index (κ1) is 17.4. The Bertz CT molecular complexity index is 772. The van der Waals surface area contributed by atoms with Crippen LogP contribution in [0.25, 0.3) is 0 Å². The van der Waals surface area contributed by atoms with E-state index in [0.717, 1.165) is 6.42 Å². The highest BCUT2D eigenvalue weighted by Crippen LogP contribution is 2.16. The summed E-state index contributed by atoms with van der Waals surface area (Å²) in [4.78, 5) is 15.7.